The molecule has 0 saturated carbocycles. The maximum absolute atomic E-state index is 12.3. The Bertz CT molecular complexity index is 1060. The van der Waals surface area contributed by atoms with E-state index in [2.05, 4.69) is 20.5 Å². The molecule has 0 bridgehead atoms. The predicted molar refractivity (Wildman–Crippen MR) is 107 cm³/mol. The van der Waals surface area contributed by atoms with Gasteiger partial charge in [-0.25, -0.2) is 0 Å². The molecule has 3 aromatic rings. The average Bonchev–Trinajstić information content (AvgIpc) is 3.11. The normalized spacial score (nSPS) is 13.3. The first-order valence-electron chi connectivity index (χ1n) is 9.30. The Morgan fingerprint density at radius 2 is 2.04 bits per heavy atom. The van der Waals surface area contributed by atoms with Gasteiger partial charge in [-0.15, -0.1) is 10.2 Å². The van der Waals surface area contributed by atoms with Crippen molar-refractivity contribution in [2.75, 3.05) is 17.7 Å². The number of hydrogen-bond donors (Lipinski definition) is 2. The molecule has 1 aliphatic carbocycles. The fourth-order valence-electron chi connectivity index (χ4n) is 3.37. The summed E-state index contributed by atoms with van der Waals surface area (Å²) in [5, 5.41) is 11.7. The topological polar surface area (TPSA) is 101 Å². The van der Waals surface area contributed by atoms with Gasteiger partial charge in [-0.05, 0) is 56.9 Å². The minimum absolute atomic E-state index is 0.0839. The van der Waals surface area contributed by atoms with Crippen LogP contribution in [-0.2, 0) is 17.6 Å². The molecule has 2 heterocycles. The van der Waals surface area contributed by atoms with Crippen molar-refractivity contribution in [1.82, 2.24) is 19.6 Å². The zero-order valence-corrected chi connectivity index (χ0v) is 16.3. The highest BCUT2D eigenvalue weighted by molar-refractivity contribution is 7.99. The monoisotopic (exact) mass is 399 g/mol. The van der Waals surface area contributed by atoms with Crippen molar-refractivity contribution in [2.24, 2.45) is 0 Å². The molecule has 0 fully saturated rings. The van der Waals surface area contributed by atoms with Crippen molar-refractivity contribution in [3.8, 4) is 5.75 Å². The minimum atomic E-state index is -0.135. The molecule has 0 unspecified atom stereocenters. The van der Waals surface area contributed by atoms with Gasteiger partial charge in [-0.1, -0.05) is 11.8 Å². The molecule has 2 aromatic heterocycles. The number of amides is 1. The van der Waals surface area contributed by atoms with Gasteiger partial charge in [0.25, 0.3) is 5.56 Å². The second-order valence-corrected chi connectivity index (χ2v) is 7.46. The third-order valence-electron chi connectivity index (χ3n) is 4.62. The second kappa shape index (κ2) is 8.05. The van der Waals surface area contributed by atoms with Crippen molar-refractivity contribution >= 4 is 29.1 Å². The van der Waals surface area contributed by atoms with Crippen LogP contribution in [0, 0.1) is 0 Å². The minimum Gasteiger partial charge on any atom is -0.494 e. The highest BCUT2D eigenvalue weighted by Gasteiger charge is 2.20. The smallest absolute Gasteiger partial charge is 0.255 e. The molecule has 1 aromatic carbocycles. The summed E-state index contributed by atoms with van der Waals surface area (Å²) in [5.74, 6) is 1.26. The van der Waals surface area contributed by atoms with Gasteiger partial charge in [-0.2, -0.15) is 0 Å². The Kier molecular flexibility index (Phi) is 5.34. The number of nitrogens with zero attached hydrogens (tertiary/aromatic N) is 3. The van der Waals surface area contributed by atoms with E-state index in [-0.39, 0.29) is 17.2 Å². The van der Waals surface area contributed by atoms with E-state index >= 15 is 0 Å². The van der Waals surface area contributed by atoms with Crippen LogP contribution in [0.4, 0.5) is 5.69 Å². The fourth-order valence-corrected chi connectivity index (χ4v) is 4.13. The Morgan fingerprint density at radius 1 is 1.25 bits per heavy atom. The molecule has 0 saturated heterocycles. The standard InChI is InChI=1S/C19H21N5O3S/c1-2-27-13-9-7-12(8-10-13)20-16(25)11-28-19-23-22-18-21-17(26)14-5-3-4-6-15(14)24(18)19/h7-10H,2-6,11H2,1H3,(H,20,25)(H,21,22,26). The van der Waals surface area contributed by atoms with Crippen molar-refractivity contribution in [1.29, 1.82) is 0 Å². The SMILES string of the molecule is CCOc1ccc(NC(=O)CSc2nnc3[nH]c(=O)c4c(n23)CCCC4)cc1. The number of aromatic amines is 1. The van der Waals surface area contributed by atoms with Crippen LogP contribution in [0.5, 0.6) is 5.75 Å². The zero-order chi connectivity index (χ0) is 19.5. The molecule has 0 radical (unpaired) electrons. The number of benzene rings is 1. The predicted octanol–water partition coefficient (Wildman–Crippen LogP) is 2.43. The van der Waals surface area contributed by atoms with Gasteiger partial charge in [-0.3, -0.25) is 19.0 Å². The van der Waals surface area contributed by atoms with Crippen LogP contribution in [0.3, 0.4) is 0 Å². The third kappa shape index (κ3) is 3.75. The number of carbonyl (C=O) groups is 1. The number of ether oxygens (including phenoxy) is 1. The summed E-state index contributed by atoms with van der Waals surface area (Å²) in [6.45, 7) is 2.53. The van der Waals surface area contributed by atoms with Crippen LogP contribution in [-0.4, -0.2) is 37.8 Å². The van der Waals surface area contributed by atoms with Crippen molar-refractivity contribution < 1.29 is 9.53 Å². The van der Waals surface area contributed by atoms with Gasteiger partial charge in [0.1, 0.15) is 5.75 Å². The van der Waals surface area contributed by atoms with Gasteiger partial charge < -0.3 is 10.1 Å². The second-order valence-electron chi connectivity index (χ2n) is 6.52. The van der Waals surface area contributed by atoms with E-state index in [4.69, 9.17) is 4.74 Å². The van der Waals surface area contributed by atoms with Crippen LogP contribution in [0.2, 0.25) is 0 Å². The zero-order valence-electron chi connectivity index (χ0n) is 15.5. The largest absolute Gasteiger partial charge is 0.494 e. The van der Waals surface area contributed by atoms with Crippen LogP contribution in [0.15, 0.2) is 34.2 Å². The van der Waals surface area contributed by atoms with E-state index < -0.39 is 0 Å². The first-order chi connectivity index (χ1) is 13.7. The number of carbonyl (C=O) groups excluding carboxylic acids is 1. The summed E-state index contributed by atoms with van der Waals surface area (Å²) < 4.78 is 7.28. The number of aryl methyl sites for hydroxylation is 1. The molecule has 9 heteroatoms. The number of anilines is 1. The Morgan fingerprint density at radius 3 is 2.82 bits per heavy atom. The van der Waals surface area contributed by atoms with E-state index in [1.54, 1.807) is 12.1 Å². The molecule has 8 nitrogen and oxygen atoms in total. The maximum Gasteiger partial charge on any atom is 0.255 e. The van der Waals surface area contributed by atoms with E-state index in [9.17, 15) is 9.59 Å². The first kappa shape index (κ1) is 18.5. The highest BCUT2D eigenvalue weighted by Crippen LogP contribution is 2.24. The number of fused-ring (bicyclic) bond motifs is 3. The van der Waals surface area contributed by atoms with E-state index in [1.807, 2.05) is 23.5 Å². The van der Waals surface area contributed by atoms with Gasteiger partial charge >= 0.3 is 0 Å². The molecule has 1 aliphatic rings. The van der Waals surface area contributed by atoms with Crippen LogP contribution in [0.1, 0.15) is 31.0 Å². The van der Waals surface area contributed by atoms with Gasteiger partial charge in [0, 0.05) is 16.9 Å². The number of nitrogens with one attached hydrogen (secondary N) is 2. The van der Waals surface area contributed by atoms with Crippen LogP contribution >= 0.6 is 11.8 Å². The van der Waals surface area contributed by atoms with E-state index in [0.717, 1.165) is 42.7 Å². The lowest BCUT2D eigenvalue weighted by molar-refractivity contribution is -0.113. The Balaban J connectivity index is 1.47. The lowest BCUT2D eigenvalue weighted by Gasteiger charge is -2.16. The molecule has 0 spiro atoms. The average molecular weight is 399 g/mol. The van der Waals surface area contributed by atoms with Crippen molar-refractivity contribution in [3.05, 3.63) is 45.9 Å². The first-order valence-corrected chi connectivity index (χ1v) is 10.3. The Hall–Kier alpha value is -2.81. The summed E-state index contributed by atoms with van der Waals surface area (Å²) in [6.07, 6.45) is 3.63. The number of rotatable bonds is 6. The number of hydrogen-bond acceptors (Lipinski definition) is 6. The molecule has 1 amide bonds. The number of aromatic nitrogens is 4. The number of thioether (sulfide) groups is 1. The molecule has 4 rings (SSSR count). The molecule has 2 N–H and O–H groups in total. The highest BCUT2D eigenvalue weighted by atomic mass is 32.2. The molecule has 28 heavy (non-hydrogen) atoms. The van der Waals surface area contributed by atoms with Gasteiger partial charge in [0.05, 0.1) is 12.4 Å². The van der Waals surface area contributed by atoms with Crippen LogP contribution < -0.4 is 15.6 Å². The quantitative estimate of drug-likeness (QED) is 0.618. The molecular formula is C19H21N5O3S. The molecule has 146 valence electrons. The lowest BCUT2D eigenvalue weighted by Crippen LogP contribution is -2.23. The molecular weight excluding hydrogens is 378 g/mol. The maximum atomic E-state index is 12.3. The summed E-state index contributed by atoms with van der Waals surface area (Å²) in [6, 6.07) is 7.25. The van der Waals surface area contributed by atoms with Gasteiger partial charge in [0.2, 0.25) is 11.7 Å². The van der Waals surface area contributed by atoms with E-state index in [0.29, 0.717) is 23.2 Å². The molecule has 0 aliphatic heterocycles. The number of H-pyrrole nitrogens is 1. The van der Waals surface area contributed by atoms with E-state index in [1.165, 1.54) is 11.8 Å². The third-order valence-corrected chi connectivity index (χ3v) is 5.55. The fraction of sp³-hybridized carbons (Fsp3) is 0.368. The summed E-state index contributed by atoms with van der Waals surface area (Å²) in [7, 11) is 0. The lowest BCUT2D eigenvalue weighted by atomic mass is 9.97. The summed E-state index contributed by atoms with van der Waals surface area (Å²) in [5.41, 5.74) is 2.39. The van der Waals surface area contributed by atoms with Gasteiger partial charge in [0.15, 0.2) is 5.16 Å². The van der Waals surface area contributed by atoms with Crippen molar-refractivity contribution in [3.63, 3.8) is 0 Å². The van der Waals surface area contributed by atoms with Crippen molar-refractivity contribution in [2.45, 2.75) is 37.8 Å². The van der Waals surface area contributed by atoms with Crippen LogP contribution in [0.25, 0.3) is 5.78 Å². The summed E-state index contributed by atoms with van der Waals surface area (Å²) in [4.78, 5) is 27.3. The summed E-state index contributed by atoms with van der Waals surface area (Å²) >= 11 is 1.30. The Labute approximate surface area is 165 Å². The molecule has 0 atom stereocenters.